The van der Waals surface area contributed by atoms with E-state index in [0.717, 1.165) is 11.1 Å². The Morgan fingerprint density at radius 2 is 1.84 bits per heavy atom. The molecule has 2 rings (SSSR count). The maximum atomic E-state index is 12.7. The van der Waals surface area contributed by atoms with Gasteiger partial charge in [-0.05, 0) is 55.8 Å². The van der Waals surface area contributed by atoms with Gasteiger partial charge in [0.05, 0.1) is 5.71 Å². The topological polar surface area (TPSA) is 21.6 Å². The van der Waals surface area contributed by atoms with Crippen molar-refractivity contribution in [1.29, 1.82) is 0 Å². The van der Waals surface area contributed by atoms with Crippen molar-refractivity contribution in [2.24, 2.45) is 5.16 Å². The van der Waals surface area contributed by atoms with E-state index in [1.165, 1.54) is 24.3 Å². The van der Waals surface area contributed by atoms with Gasteiger partial charge in [0.15, 0.2) is 5.75 Å². The number of hydrogen-bond donors (Lipinski definition) is 0. The quantitative estimate of drug-likeness (QED) is 0.594. The zero-order valence-electron chi connectivity index (χ0n) is 10.7. The Bertz CT molecular complexity index is 608. The molecule has 0 aliphatic rings. The predicted octanol–water partition coefficient (Wildman–Crippen LogP) is 4.59. The van der Waals surface area contributed by atoms with E-state index in [4.69, 9.17) is 16.4 Å². The molecule has 0 aromatic heterocycles. The smallest absolute Gasteiger partial charge is 0.158 e. The third kappa shape index (κ3) is 3.55. The standard InChI is InChI=1S/C15H13ClFNO/c1-10-3-4-12(16)9-15(10)11(2)18-19-14-7-5-13(17)6-8-14/h3-9H,1-2H3/b18-11+. The van der Waals surface area contributed by atoms with Crippen molar-refractivity contribution in [3.8, 4) is 5.75 Å². The fraction of sp³-hybridized carbons (Fsp3) is 0.133. The number of nitrogens with zero attached hydrogens (tertiary/aromatic N) is 1. The van der Waals surface area contributed by atoms with Crippen LogP contribution in [0.2, 0.25) is 5.02 Å². The van der Waals surface area contributed by atoms with Crippen molar-refractivity contribution in [3.05, 3.63) is 64.4 Å². The summed E-state index contributed by atoms with van der Waals surface area (Å²) in [6.45, 7) is 3.81. The fourth-order valence-electron chi connectivity index (χ4n) is 1.65. The van der Waals surface area contributed by atoms with Gasteiger partial charge in [-0.25, -0.2) is 4.39 Å². The van der Waals surface area contributed by atoms with Gasteiger partial charge in [-0.3, -0.25) is 0 Å². The Morgan fingerprint density at radius 1 is 1.16 bits per heavy atom. The first kappa shape index (κ1) is 13.6. The molecule has 0 aliphatic carbocycles. The van der Waals surface area contributed by atoms with Crippen molar-refractivity contribution in [2.75, 3.05) is 0 Å². The summed E-state index contributed by atoms with van der Waals surface area (Å²) in [6.07, 6.45) is 0. The van der Waals surface area contributed by atoms with Gasteiger partial charge >= 0.3 is 0 Å². The van der Waals surface area contributed by atoms with Gasteiger partial charge in [0.2, 0.25) is 0 Å². The van der Waals surface area contributed by atoms with Crippen molar-refractivity contribution in [2.45, 2.75) is 13.8 Å². The van der Waals surface area contributed by atoms with Crippen LogP contribution in [0.1, 0.15) is 18.1 Å². The molecule has 0 unspecified atom stereocenters. The molecule has 0 heterocycles. The summed E-state index contributed by atoms with van der Waals surface area (Å²) >= 11 is 5.96. The third-order valence-corrected chi connectivity index (χ3v) is 2.93. The summed E-state index contributed by atoms with van der Waals surface area (Å²) < 4.78 is 12.7. The highest BCUT2D eigenvalue weighted by Crippen LogP contribution is 2.17. The van der Waals surface area contributed by atoms with E-state index in [1.807, 2.05) is 32.0 Å². The molecule has 19 heavy (non-hydrogen) atoms. The van der Waals surface area contributed by atoms with Crippen LogP contribution in [-0.2, 0) is 0 Å². The molecular weight excluding hydrogens is 265 g/mol. The summed E-state index contributed by atoms with van der Waals surface area (Å²) in [5, 5.41) is 4.68. The first-order chi connectivity index (χ1) is 9.06. The average Bonchev–Trinajstić information content (AvgIpc) is 2.40. The Hall–Kier alpha value is -1.87. The van der Waals surface area contributed by atoms with Gasteiger partial charge in [-0.2, -0.15) is 0 Å². The lowest BCUT2D eigenvalue weighted by atomic mass is 10.1. The van der Waals surface area contributed by atoms with Gasteiger partial charge in [0, 0.05) is 10.6 Å². The second-order valence-corrected chi connectivity index (χ2v) is 4.62. The highest BCUT2D eigenvalue weighted by Gasteiger charge is 2.04. The monoisotopic (exact) mass is 277 g/mol. The Morgan fingerprint density at radius 3 is 2.53 bits per heavy atom. The molecule has 0 N–H and O–H groups in total. The SMILES string of the molecule is C/C(=N\Oc1ccc(F)cc1)c1cc(Cl)ccc1C. The summed E-state index contributed by atoms with van der Waals surface area (Å²) in [6, 6.07) is 11.3. The molecule has 0 amide bonds. The van der Waals surface area contributed by atoms with E-state index in [2.05, 4.69) is 5.16 Å². The zero-order chi connectivity index (χ0) is 13.8. The van der Waals surface area contributed by atoms with Gasteiger partial charge in [0.25, 0.3) is 0 Å². The molecule has 98 valence electrons. The largest absolute Gasteiger partial charge is 0.357 e. The molecule has 0 spiro atoms. The molecule has 0 atom stereocenters. The number of rotatable bonds is 3. The zero-order valence-corrected chi connectivity index (χ0v) is 11.4. The molecular formula is C15H13ClFNO. The van der Waals surface area contributed by atoms with E-state index < -0.39 is 0 Å². The van der Waals surface area contributed by atoms with E-state index in [-0.39, 0.29) is 5.82 Å². The van der Waals surface area contributed by atoms with Crippen molar-refractivity contribution in [3.63, 3.8) is 0 Å². The van der Waals surface area contributed by atoms with Crippen LogP contribution in [0, 0.1) is 12.7 Å². The van der Waals surface area contributed by atoms with E-state index in [9.17, 15) is 4.39 Å². The van der Waals surface area contributed by atoms with Gasteiger partial charge < -0.3 is 4.84 Å². The highest BCUT2D eigenvalue weighted by atomic mass is 35.5. The van der Waals surface area contributed by atoms with Crippen LogP contribution in [-0.4, -0.2) is 5.71 Å². The molecule has 0 fully saturated rings. The maximum absolute atomic E-state index is 12.7. The Kier molecular flexibility index (Phi) is 4.17. The van der Waals surface area contributed by atoms with Crippen LogP contribution in [0.25, 0.3) is 0 Å². The number of hydrogen-bond acceptors (Lipinski definition) is 2. The molecule has 4 heteroatoms. The average molecular weight is 278 g/mol. The van der Waals surface area contributed by atoms with Crippen molar-refractivity contribution >= 4 is 17.3 Å². The minimum Gasteiger partial charge on any atom is -0.357 e. The van der Waals surface area contributed by atoms with E-state index in [0.29, 0.717) is 16.5 Å². The molecule has 2 nitrogen and oxygen atoms in total. The molecule has 0 saturated heterocycles. The van der Waals surface area contributed by atoms with Crippen molar-refractivity contribution < 1.29 is 9.23 Å². The lowest BCUT2D eigenvalue weighted by Gasteiger charge is -2.06. The Balaban J connectivity index is 2.19. The third-order valence-electron chi connectivity index (χ3n) is 2.69. The second-order valence-electron chi connectivity index (χ2n) is 4.18. The molecule has 2 aromatic rings. The summed E-state index contributed by atoms with van der Waals surface area (Å²) in [4.78, 5) is 5.25. The maximum Gasteiger partial charge on any atom is 0.158 e. The summed E-state index contributed by atoms with van der Waals surface area (Å²) in [5.74, 6) is 0.180. The van der Waals surface area contributed by atoms with Crippen LogP contribution in [0.5, 0.6) is 5.75 Å². The molecule has 0 aliphatic heterocycles. The van der Waals surface area contributed by atoms with Crippen LogP contribution < -0.4 is 4.84 Å². The van der Waals surface area contributed by atoms with Crippen LogP contribution in [0.4, 0.5) is 4.39 Å². The van der Waals surface area contributed by atoms with Crippen molar-refractivity contribution in [1.82, 2.24) is 0 Å². The molecule has 0 bridgehead atoms. The lowest BCUT2D eigenvalue weighted by Crippen LogP contribution is -2.00. The summed E-state index contributed by atoms with van der Waals surface area (Å²) in [7, 11) is 0. The molecule has 0 saturated carbocycles. The van der Waals surface area contributed by atoms with Crippen LogP contribution in [0.15, 0.2) is 47.6 Å². The van der Waals surface area contributed by atoms with E-state index >= 15 is 0 Å². The number of aryl methyl sites for hydroxylation is 1. The fourth-order valence-corrected chi connectivity index (χ4v) is 1.82. The van der Waals surface area contributed by atoms with Gasteiger partial charge in [-0.15, -0.1) is 0 Å². The number of halogens is 2. The lowest BCUT2D eigenvalue weighted by molar-refractivity contribution is 0.340. The number of oxime groups is 1. The summed E-state index contributed by atoms with van der Waals surface area (Å²) in [5.41, 5.74) is 2.70. The number of benzene rings is 2. The molecule has 2 aromatic carbocycles. The predicted molar refractivity (Wildman–Crippen MR) is 75.4 cm³/mol. The van der Waals surface area contributed by atoms with E-state index in [1.54, 1.807) is 0 Å². The van der Waals surface area contributed by atoms with Crippen LogP contribution >= 0.6 is 11.6 Å². The highest BCUT2D eigenvalue weighted by molar-refractivity contribution is 6.31. The second kappa shape index (κ2) is 5.85. The first-order valence-electron chi connectivity index (χ1n) is 5.80. The first-order valence-corrected chi connectivity index (χ1v) is 6.18. The minimum absolute atomic E-state index is 0.307. The molecule has 0 radical (unpaired) electrons. The van der Waals surface area contributed by atoms with Gasteiger partial charge in [-0.1, -0.05) is 22.8 Å². The minimum atomic E-state index is -0.307. The van der Waals surface area contributed by atoms with Gasteiger partial charge in [0.1, 0.15) is 5.82 Å². The Labute approximate surface area is 116 Å². The van der Waals surface area contributed by atoms with Crippen LogP contribution in [0.3, 0.4) is 0 Å². The normalized spacial score (nSPS) is 11.5.